The zero-order chi connectivity index (χ0) is 28.1. The molecule has 41 heavy (non-hydrogen) atoms. The third-order valence-electron chi connectivity index (χ3n) is 7.15. The van der Waals surface area contributed by atoms with Gasteiger partial charge in [0.15, 0.2) is 11.5 Å². The Labute approximate surface area is 235 Å². The number of nitrogens with zero attached hydrogens (tertiary/aromatic N) is 6. The Kier molecular flexibility index (Phi) is 6.29. The molecule has 6 aromatic rings. The zero-order valence-corrected chi connectivity index (χ0v) is 22.7. The number of H-pyrrole nitrogens is 2. The number of fused-ring (bicyclic) bond motifs is 2. The van der Waals surface area contributed by atoms with E-state index in [4.69, 9.17) is 4.98 Å². The molecule has 0 radical (unpaired) electrons. The third-order valence-corrected chi connectivity index (χ3v) is 8.16. The molecule has 0 bridgehead atoms. The quantitative estimate of drug-likeness (QED) is 0.230. The molecule has 7 heterocycles. The van der Waals surface area contributed by atoms with Gasteiger partial charge in [-0.05, 0) is 36.8 Å². The van der Waals surface area contributed by atoms with Gasteiger partial charge in [-0.2, -0.15) is 5.10 Å². The Balaban J connectivity index is 1.19. The van der Waals surface area contributed by atoms with Crippen LogP contribution >= 0.6 is 11.3 Å². The van der Waals surface area contributed by atoms with E-state index in [2.05, 4.69) is 35.5 Å². The number of rotatable bonds is 7. The number of hydrogen-bond donors (Lipinski definition) is 3. The van der Waals surface area contributed by atoms with Crippen LogP contribution in [0.4, 0.5) is 13.2 Å². The molecule has 3 N–H and O–H groups in total. The van der Waals surface area contributed by atoms with Crippen LogP contribution in [0, 0.1) is 12.7 Å². The van der Waals surface area contributed by atoms with Crippen molar-refractivity contribution >= 4 is 33.4 Å². The van der Waals surface area contributed by atoms with E-state index in [-0.39, 0.29) is 29.6 Å². The van der Waals surface area contributed by atoms with Crippen molar-refractivity contribution < 1.29 is 13.2 Å². The number of likely N-dealkylation sites (tertiary alicyclic amines) is 1. The van der Waals surface area contributed by atoms with Crippen LogP contribution in [-0.2, 0) is 6.54 Å². The molecule has 13 heteroatoms. The molecule has 6 aromatic heterocycles. The Bertz CT molecular complexity index is 1890. The first-order valence-corrected chi connectivity index (χ1v) is 13.9. The van der Waals surface area contributed by atoms with Crippen molar-refractivity contribution in [1.29, 1.82) is 0 Å². The lowest BCUT2D eigenvalue weighted by Gasteiger charge is -2.16. The van der Waals surface area contributed by atoms with Gasteiger partial charge in [0.05, 0.1) is 22.3 Å². The maximum atomic E-state index is 16.1. The standard InChI is InChI=1S/C28H24F3N9S/c1-15-2-3-20(41-15)24-23-19(4-6-34-24)36-27(37-23)25-21-22(29)18(12-35-26(21)39-38-25)17-8-16(9-32-11-17)10-33-14-40-7-5-28(30,31)13-40/h2-4,6,8-9,11-12,33H,5,7,10,13-14H2,1H3,(H,36,37)(H,35,38,39). The van der Waals surface area contributed by atoms with Crippen molar-refractivity contribution in [2.75, 3.05) is 19.8 Å². The van der Waals surface area contributed by atoms with Gasteiger partial charge >= 0.3 is 0 Å². The number of aryl methyl sites for hydroxylation is 1. The first kappa shape index (κ1) is 25.7. The molecule has 1 saturated heterocycles. The summed E-state index contributed by atoms with van der Waals surface area (Å²) < 4.78 is 43.0. The number of imidazole rings is 1. The topological polar surface area (TPSA) is 111 Å². The van der Waals surface area contributed by atoms with Crippen LogP contribution in [0.25, 0.3) is 55.3 Å². The highest BCUT2D eigenvalue weighted by Crippen LogP contribution is 2.35. The van der Waals surface area contributed by atoms with Crippen molar-refractivity contribution in [3.63, 3.8) is 0 Å². The molecule has 0 spiro atoms. The van der Waals surface area contributed by atoms with Crippen molar-refractivity contribution in [3.05, 3.63) is 65.3 Å². The Morgan fingerprint density at radius 1 is 1.15 bits per heavy atom. The fourth-order valence-corrected chi connectivity index (χ4v) is 6.02. The molecule has 0 saturated carbocycles. The third kappa shape index (κ3) is 4.85. The van der Waals surface area contributed by atoms with Crippen LogP contribution in [0.2, 0.25) is 0 Å². The molecule has 0 atom stereocenters. The highest BCUT2D eigenvalue weighted by atomic mass is 32.1. The lowest BCUT2D eigenvalue weighted by molar-refractivity contribution is 0.0115. The number of thiophene rings is 1. The normalized spacial score (nSPS) is 15.4. The van der Waals surface area contributed by atoms with E-state index >= 15 is 4.39 Å². The molecule has 1 aliphatic rings. The summed E-state index contributed by atoms with van der Waals surface area (Å²) in [5, 5.41) is 10.5. The van der Waals surface area contributed by atoms with Crippen molar-refractivity contribution in [1.82, 2.24) is 45.3 Å². The van der Waals surface area contributed by atoms with E-state index in [1.165, 1.54) is 11.1 Å². The van der Waals surface area contributed by atoms with Gasteiger partial charge < -0.3 is 10.3 Å². The molecule has 0 aromatic carbocycles. The number of aromatic nitrogens is 7. The summed E-state index contributed by atoms with van der Waals surface area (Å²) in [6.45, 7) is 2.86. The number of nitrogens with one attached hydrogen (secondary N) is 3. The largest absolute Gasteiger partial charge is 0.337 e. The van der Waals surface area contributed by atoms with Gasteiger partial charge in [-0.15, -0.1) is 11.3 Å². The van der Waals surface area contributed by atoms with Gasteiger partial charge in [-0.3, -0.25) is 20.0 Å². The second kappa shape index (κ2) is 10.0. The highest BCUT2D eigenvalue weighted by molar-refractivity contribution is 7.15. The molecular weight excluding hydrogens is 551 g/mol. The molecule has 0 aliphatic carbocycles. The van der Waals surface area contributed by atoms with E-state index < -0.39 is 11.7 Å². The van der Waals surface area contributed by atoms with Crippen molar-refractivity contribution in [3.8, 4) is 33.2 Å². The average molecular weight is 576 g/mol. The first-order chi connectivity index (χ1) is 19.8. The number of hydrogen-bond acceptors (Lipinski definition) is 8. The smallest absolute Gasteiger partial charge is 0.261 e. The Morgan fingerprint density at radius 3 is 2.85 bits per heavy atom. The van der Waals surface area contributed by atoms with Crippen LogP contribution in [0.3, 0.4) is 0 Å². The number of pyridine rings is 3. The van der Waals surface area contributed by atoms with Crippen LogP contribution in [0.5, 0.6) is 0 Å². The van der Waals surface area contributed by atoms with Gasteiger partial charge in [-0.1, -0.05) is 0 Å². The summed E-state index contributed by atoms with van der Waals surface area (Å²) in [5.74, 6) is -2.72. The summed E-state index contributed by atoms with van der Waals surface area (Å²) in [7, 11) is 0. The molecule has 0 unspecified atom stereocenters. The minimum Gasteiger partial charge on any atom is -0.337 e. The predicted octanol–water partition coefficient (Wildman–Crippen LogP) is 5.52. The molecule has 7 rings (SSSR count). The molecule has 1 aliphatic heterocycles. The lowest BCUT2D eigenvalue weighted by atomic mass is 10.1. The summed E-state index contributed by atoms with van der Waals surface area (Å²) >= 11 is 1.63. The van der Waals surface area contributed by atoms with Gasteiger partial charge in [0.2, 0.25) is 0 Å². The number of alkyl halides is 2. The average Bonchev–Trinajstić information content (AvgIpc) is 3.74. The van der Waals surface area contributed by atoms with E-state index in [1.54, 1.807) is 34.8 Å². The summed E-state index contributed by atoms with van der Waals surface area (Å²) in [5.41, 5.74) is 4.40. The van der Waals surface area contributed by atoms with Crippen LogP contribution in [0.1, 0.15) is 16.9 Å². The Hall–Kier alpha value is -4.20. The number of aromatic amines is 2. The van der Waals surface area contributed by atoms with Gasteiger partial charge in [-0.25, -0.2) is 23.1 Å². The molecule has 0 amide bonds. The van der Waals surface area contributed by atoms with Crippen LogP contribution < -0.4 is 5.32 Å². The zero-order valence-electron chi connectivity index (χ0n) is 21.9. The van der Waals surface area contributed by atoms with Crippen molar-refractivity contribution in [2.24, 2.45) is 0 Å². The maximum Gasteiger partial charge on any atom is 0.261 e. The molecule has 1 fully saturated rings. The van der Waals surface area contributed by atoms with E-state index in [0.29, 0.717) is 42.4 Å². The van der Waals surface area contributed by atoms with E-state index in [0.717, 1.165) is 21.7 Å². The minimum absolute atomic E-state index is 0.128. The monoisotopic (exact) mass is 575 g/mol. The summed E-state index contributed by atoms with van der Waals surface area (Å²) in [6, 6.07) is 7.69. The highest BCUT2D eigenvalue weighted by Gasteiger charge is 2.37. The van der Waals surface area contributed by atoms with Gasteiger partial charge in [0, 0.05) is 67.0 Å². The van der Waals surface area contributed by atoms with E-state index in [1.807, 2.05) is 31.2 Å². The maximum absolute atomic E-state index is 16.1. The van der Waals surface area contributed by atoms with Gasteiger partial charge in [0.25, 0.3) is 5.92 Å². The van der Waals surface area contributed by atoms with Crippen molar-refractivity contribution in [2.45, 2.75) is 25.8 Å². The summed E-state index contributed by atoms with van der Waals surface area (Å²) in [6.07, 6.45) is 6.25. The van der Waals surface area contributed by atoms with Crippen LogP contribution in [-0.4, -0.2) is 65.7 Å². The SMILES string of the molecule is Cc1ccc(-c2nccc3[nH]c(-c4[nH]nc5ncc(-c6cncc(CNCN7CCC(F)(F)C7)c6)c(F)c45)nc23)s1. The lowest BCUT2D eigenvalue weighted by Crippen LogP contribution is -2.34. The molecule has 208 valence electrons. The summed E-state index contributed by atoms with van der Waals surface area (Å²) in [4.78, 5) is 25.1. The second-order valence-corrected chi connectivity index (χ2v) is 11.4. The minimum atomic E-state index is -2.64. The first-order valence-electron chi connectivity index (χ1n) is 13.0. The van der Waals surface area contributed by atoms with Gasteiger partial charge in [0.1, 0.15) is 22.7 Å². The molecular formula is C28H24F3N9S. The number of halogens is 3. The second-order valence-electron chi connectivity index (χ2n) is 10.2. The predicted molar refractivity (Wildman–Crippen MR) is 151 cm³/mol. The fraction of sp³-hybridized carbons (Fsp3) is 0.250. The molecule has 9 nitrogen and oxygen atoms in total. The van der Waals surface area contributed by atoms with E-state index in [9.17, 15) is 8.78 Å². The Morgan fingerprint density at radius 2 is 2.05 bits per heavy atom. The fourth-order valence-electron chi connectivity index (χ4n) is 5.15. The van der Waals surface area contributed by atoms with Crippen LogP contribution in [0.15, 0.2) is 49.1 Å².